The van der Waals surface area contributed by atoms with Crippen LogP contribution in [0.1, 0.15) is 11.7 Å². The van der Waals surface area contributed by atoms with E-state index in [9.17, 15) is 14.9 Å². The Labute approximate surface area is 94.6 Å². The van der Waals surface area contributed by atoms with Crippen LogP contribution in [0.2, 0.25) is 5.02 Å². The molecular weight excluding hydrogens is 234 g/mol. The Bertz CT molecular complexity index is 605. The highest BCUT2D eigenvalue weighted by Gasteiger charge is 2.18. The maximum atomic E-state index is 11.2. The quantitative estimate of drug-likeness (QED) is 0.565. The molecule has 0 N–H and O–H groups in total. The zero-order valence-electron chi connectivity index (χ0n) is 8.18. The number of rotatable bonds is 1. The first kappa shape index (κ1) is 10.6. The number of aromatic nitrogens is 2. The lowest BCUT2D eigenvalue weighted by atomic mass is 10.2. The van der Waals surface area contributed by atoms with Crippen LogP contribution in [-0.4, -0.2) is 20.6 Å². The van der Waals surface area contributed by atoms with E-state index in [2.05, 4.69) is 5.10 Å². The van der Waals surface area contributed by atoms with Crippen molar-refractivity contribution in [2.75, 3.05) is 0 Å². The van der Waals surface area contributed by atoms with Crippen LogP contribution in [0.25, 0.3) is 10.9 Å². The van der Waals surface area contributed by atoms with Crippen molar-refractivity contribution < 1.29 is 9.72 Å². The lowest BCUT2D eigenvalue weighted by Gasteiger charge is -1.98. The number of halogens is 1. The number of carbonyl (C=O) groups is 1. The van der Waals surface area contributed by atoms with Gasteiger partial charge in [-0.2, -0.15) is 5.10 Å². The van der Waals surface area contributed by atoms with Crippen LogP contribution in [0.3, 0.4) is 0 Å². The van der Waals surface area contributed by atoms with Gasteiger partial charge >= 0.3 is 0 Å². The smallest absolute Gasteiger partial charge is 0.273 e. The summed E-state index contributed by atoms with van der Waals surface area (Å²) >= 11 is 5.74. The van der Waals surface area contributed by atoms with Gasteiger partial charge in [0.2, 0.25) is 5.91 Å². The van der Waals surface area contributed by atoms with Crippen molar-refractivity contribution in [1.82, 2.24) is 9.78 Å². The van der Waals surface area contributed by atoms with E-state index in [1.54, 1.807) is 0 Å². The molecule has 0 spiro atoms. The Balaban J connectivity index is 2.86. The summed E-state index contributed by atoms with van der Waals surface area (Å²) in [5.74, 6) is -0.327. The standard InChI is InChI=1S/C9H6ClN3O3/c1-5(14)12-8-2-6(10)3-9(13(15)16)7(8)4-11-12/h2-4H,1H3. The van der Waals surface area contributed by atoms with E-state index in [0.29, 0.717) is 10.9 Å². The van der Waals surface area contributed by atoms with Gasteiger partial charge in [0.1, 0.15) is 0 Å². The van der Waals surface area contributed by atoms with E-state index < -0.39 is 4.92 Å². The highest BCUT2D eigenvalue weighted by Crippen LogP contribution is 2.29. The Morgan fingerprint density at radius 1 is 1.56 bits per heavy atom. The number of nitro benzene ring substituents is 1. The highest BCUT2D eigenvalue weighted by molar-refractivity contribution is 6.31. The van der Waals surface area contributed by atoms with E-state index in [-0.39, 0.29) is 16.6 Å². The van der Waals surface area contributed by atoms with Gasteiger partial charge < -0.3 is 0 Å². The molecule has 0 atom stereocenters. The van der Waals surface area contributed by atoms with E-state index >= 15 is 0 Å². The normalized spacial score (nSPS) is 10.6. The molecule has 82 valence electrons. The molecule has 0 saturated heterocycles. The minimum Gasteiger partial charge on any atom is -0.273 e. The number of benzene rings is 1. The second-order valence-corrected chi connectivity index (χ2v) is 3.63. The number of fused-ring (bicyclic) bond motifs is 1. The van der Waals surface area contributed by atoms with Crippen molar-refractivity contribution in [2.24, 2.45) is 0 Å². The third-order valence-electron chi connectivity index (χ3n) is 2.13. The first-order valence-corrected chi connectivity index (χ1v) is 4.71. The summed E-state index contributed by atoms with van der Waals surface area (Å²) in [4.78, 5) is 21.4. The molecule has 6 nitrogen and oxygen atoms in total. The predicted molar refractivity (Wildman–Crippen MR) is 57.7 cm³/mol. The van der Waals surface area contributed by atoms with Crippen LogP contribution in [0, 0.1) is 10.1 Å². The second-order valence-electron chi connectivity index (χ2n) is 3.19. The summed E-state index contributed by atoms with van der Waals surface area (Å²) in [5.41, 5.74) is 0.182. The third kappa shape index (κ3) is 1.53. The molecule has 1 aromatic carbocycles. The Morgan fingerprint density at radius 3 is 2.81 bits per heavy atom. The molecule has 1 heterocycles. The predicted octanol–water partition coefficient (Wildman–Crippen LogP) is 2.26. The average Bonchev–Trinajstić information content (AvgIpc) is 2.59. The average molecular weight is 240 g/mol. The Hall–Kier alpha value is -1.95. The zero-order chi connectivity index (χ0) is 11.9. The molecule has 0 unspecified atom stereocenters. The topological polar surface area (TPSA) is 78.0 Å². The monoisotopic (exact) mass is 239 g/mol. The molecule has 0 aliphatic heterocycles. The van der Waals surface area contributed by atoms with Crippen molar-refractivity contribution in [3.8, 4) is 0 Å². The van der Waals surface area contributed by atoms with Crippen molar-refractivity contribution in [3.05, 3.63) is 33.5 Å². The fraction of sp³-hybridized carbons (Fsp3) is 0.111. The van der Waals surface area contributed by atoms with Crippen LogP contribution in [-0.2, 0) is 0 Å². The van der Waals surface area contributed by atoms with Gasteiger partial charge in [0, 0.05) is 18.0 Å². The molecule has 1 aromatic heterocycles. The third-order valence-corrected chi connectivity index (χ3v) is 2.34. The molecule has 16 heavy (non-hydrogen) atoms. The molecule has 0 fully saturated rings. The van der Waals surface area contributed by atoms with Crippen molar-refractivity contribution in [1.29, 1.82) is 0 Å². The molecule has 2 rings (SSSR count). The lowest BCUT2D eigenvalue weighted by molar-refractivity contribution is -0.383. The van der Waals surface area contributed by atoms with E-state index in [4.69, 9.17) is 11.6 Å². The van der Waals surface area contributed by atoms with E-state index in [0.717, 1.165) is 4.68 Å². The maximum Gasteiger partial charge on any atom is 0.281 e. The fourth-order valence-electron chi connectivity index (χ4n) is 1.48. The van der Waals surface area contributed by atoms with E-state index in [1.807, 2.05) is 0 Å². The van der Waals surface area contributed by atoms with Gasteiger partial charge in [-0.15, -0.1) is 0 Å². The van der Waals surface area contributed by atoms with Gasteiger partial charge in [-0.3, -0.25) is 14.9 Å². The molecule has 0 saturated carbocycles. The van der Waals surface area contributed by atoms with Gasteiger partial charge in [-0.25, -0.2) is 4.68 Å². The molecule has 0 amide bonds. The second kappa shape index (κ2) is 3.57. The van der Waals surface area contributed by atoms with Gasteiger partial charge in [0.05, 0.1) is 22.0 Å². The fourth-order valence-corrected chi connectivity index (χ4v) is 1.68. The summed E-state index contributed by atoms with van der Waals surface area (Å²) in [6.07, 6.45) is 1.28. The van der Waals surface area contributed by atoms with Crippen molar-refractivity contribution in [3.63, 3.8) is 0 Å². The minimum absolute atomic E-state index is 0.157. The number of carbonyl (C=O) groups excluding carboxylic acids is 1. The van der Waals surface area contributed by atoms with E-state index in [1.165, 1.54) is 25.3 Å². The number of hydrogen-bond donors (Lipinski definition) is 0. The number of nitrogens with zero attached hydrogens (tertiary/aromatic N) is 3. The maximum absolute atomic E-state index is 11.2. The van der Waals surface area contributed by atoms with Crippen LogP contribution in [0.5, 0.6) is 0 Å². The molecule has 0 bridgehead atoms. The molecule has 2 aromatic rings. The molecular formula is C9H6ClN3O3. The SMILES string of the molecule is CC(=O)n1ncc2c([N+](=O)[O-])cc(Cl)cc21. The van der Waals surface area contributed by atoms with Crippen LogP contribution in [0.15, 0.2) is 18.3 Å². The number of hydrogen-bond acceptors (Lipinski definition) is 4. The minimum atomic E-state index is -0.555. The Morgan fingerprint density at radius 2 is 2.25 bits per heavy atom. The van der Waals surface area contributed by atoms with Crippen LogP contribution in [0.4, 0.5) is 5.69 Å². The molecule has 7 heteroatoms. The summed E-state index contributed by atoms with van der Waals surface area (Å²) in [6, 6.07) is 2.70. The molecule has 0 aliphatic carbocycles. The van der Waals surface area contributed by atoms with Gasteiger partial charge in [-0.1, -0.05) is 11.6 Å². The Kier molecular flexibility index (Phi) is 2.35. The largest absolute Gasteiger partial charge is 0.281 e. The summed E-state index contributed by atoms with van der Waals surface area (Å²) in [6.45, 7) is 1.32. The molecule has 0 radical (unpaired) electrons. The summed E-state index contributed by atoms with van der Waals surface area (Å²) in [7, 11) is 0. The lowest BCUT2D eigenvalue weighted by Crippen LogP contribution is -2.06. The first-order valence-electron chi connectivity index (χ1n) is 4.33. The van der Waals surface area contributed by atoms with Crippen LogP contribution >= 0.6 is 11.6 Å². The van der Waals surface area contributed by atoms with Crippen LogP contribution < -0.4 is 0 Å². The van der Waals surface area contributed by atoms with Gasteiger partial charge in [-0.05, 0) is 6.07 Å². The molecule has 0 aliphatic rings. The zero-order valence-corrected chi connectivity index (χ0v) is 8.93. The number of nitro groups is 1. The van der Waals surface area contributed by atoms with Crippen molar-refractivity contribution >= 4 is 34.1 Å². The summed E-state index contributed by atoms with van der Waals surface area (Å²) < 4.78 is 1.08. The highest BCUT2D eigenvalue weighted by atomic mass is 35.5. The number of non-ortho nitro benzene ring substituents is 1. The van der Waals surface area contributed by atoms with Gasteiger partial charge in [0.15, 0.2) is 0 Å². The first-order chi connectivity index (χ1) is 7.50. The summed E-state index contributed by atoms with van der Waals surface area (Å²) in [5, 5.41) is 15.0. The van der Waals surface area contributed by atoms with Crippen molar-refractivity contribution in [2.45, 2.75) is 6.92 Å². The van der Waals surface area contributed by atoms with Gasteiger partial charge in [0.25, 0.3) is 5.69 Å².